The molecule has 4 rings (SSSR count). The van der Waals surface area contributed by atoms with Crippen LogP contribution < -0.4 is 15.8 Å². The lowest BCUT2D eigenvalue weighted by Crippen LogP contribution is -2.18. The van der Waals surface area contributed by atoms with E-state index in [4.69, 9.17) is 5.14 Å². The lowest BCUT2D eigenvalue weighted by Gasteiger charge is -2.15. The van der Waals surface area contributed by atoms with E-state index in [1.807, 2.05) is 0 Å². The molecule has 0 saturated heterocycles. The van der Waals surface area contributed by atoms with Crippen molar-refractivity contribution in [3.05, 3.63) is 45.1 Å². The van der Waals surface area contributed by atoms with E-state index in [0.29, 0.717) is 11.4 Å². The van der Waals surface area contributed by atoms with Gasteiger partial charge in [0.2, 0.25) is 0 Å². The van der Waals surface area contributed by atoms with Crippen molar-refractivity contribution in [3.63, 3.8) is 0 Å². The highest BCUT2D eigenvalue weighted by atomic mass is 32.2. The third kappa shape index (κ3) is 3.59. The Labute approximate surface area is 168 Å². The number of halogens is 1. The lowest BCUT2D eigenvalue weighted by molar-refractivity contribution is 0.260. The number of hydrogen-bond acceptors (Lipinski definition) is 4. The van der Waals surface area contributed by atoms with Gasteiger partial charge >= 0.3 is 6.03 Å². The molecular weight excluding hydrogens is 399 g/mol. The maximum absolute atomic E-state index is 14.2. The molecule has 1 heterocycles. The van der Waals surface area contributed by atoms with Crippen LogP contribution in [0.2, 0.25) is 0 Å². The summed E-state index contributed by atoms with van der Waals surface area (Å²) >= 11 is 0.968. The molecule has 0 spiro atoms. The Morgan fingerprint density at radius 1 is 1.21 bits per heavy atom. The molecule has 0 saturated carbocycles. The molecule has 150 valence electrons. The minimum atomic E-state index is -3.66. The van der Waals surface area contributed by atoms with Crippen molar-refractivity contribution < 1.29 is 13.4 Å². The molecule has 2 aromatic rings. The van der Waals surface area contributed by atoms with E-state index in [-0.39, 0.29) is 4.21 Å². The molecule has 0 bridgehead atoms. The number of carbonyl (C=O) groups is 1. The van der Waals surface area contributed by atoms with Crippen molar-refractivity contribution in [2.75, 3.05) is 12.4 Å². The molecule has 2 aliphatic rings. The van der Waals surface area contributed by atoms with E-state index in [9.17, 15) is 13.4 Å². The van der Waals surface area contributed by atoms with Gasteiger partial charge in [-0.15, -0.1) is 15.7 Å². The Bertz CT molecular complexity index is 1040. The third-order valence-electron chi connectivity index (χ3n) is 5.25. The van der Waals surface area contributed by atoms with E-state index in [1.165, 1.54) is 17.2 Å². The zero-order chi connectivity index (χ0) is 19.9. The zero-order valence-corrected chi connectivity index (χ0v) is 17.3. The number of anilines is 1. The highest BCUT2D eigenvalue weighted by Crippen LogP contribution is 2.38. The largest absolute Gasteiger partial charge is 0.354 e. The minimum Gasteiger partial charge on any atom is -0.315 e. The summed E-state index contributed by atoms with van der Waals surface area (Å²) in [5, 5.41) is 11.5. The van der Waals surface area contributed by atoms with Crippen molar-refractivity contribution in [3.8, 4) is 0 Å². The number of thiophene rings is 1. The maximum Gasteiger partial charge on any atom is 0.354 e. The summed E-state index contributed by atoms with van der Waals surface area (Å²) in [5.74, 6) is -0.694. The first-order valence-electron chi connectivity index (χ1n) is 9.34. The molecule has 1 unspecified atom stereocenters. The third-order valence-corrected chi connectivity index (χ3v) is 8.28. The van der Waals surface area contributed by atoms with Crippen LogP contribution in [0.4, 0.5) is 14.9 Å². The maximum atomic E-state index is 14.2. The van der Waals surface area contributed by atoms with Gasteiger partial charge < -0.3 is 10.6 Å². The number of nitrogens with zero attached hydrogens (tertiary/aromatic N) is 1. The van der Waals surface area contributed by atoms with Crippen LogP contribution in [0.1, 0.15) is 40.0 Å². The first kappa shape index (κ1) is 19.5. The summed E-state index contributed by atoms with van der Waals surface area (Å²) in [4.78, 5) is 13.2. The molecular formula is C19H23FN4O2S2. The van der Waals surface area contributed by atoms with Crippen LogP contribution >= 0.6 is 11.3 Å². The Hall–Kier alpha value is -1.81. The molecule has 2 amide bonds. The van der Waals surface area contributed by atoms with Crippen LogP contribution in [0.25, 0.3) is 0 Å². The average molecular weight is 423 g/mol. The van der Waals surface area contributed by atoms with E-state index < -0.39 is 21.8 Å². The van der Waals surface area contributed by atoms with Gasteiger partial charge in [0.05, 0.1) is 0 Å². The fourth-order valence-electron chi connectivity index (χ4n) is 4.12. The van der Waals surface area contributed by atoms with Gasteiger partial charge in [0.25, 0.3) is 0 Å². The van der Waals surface area contributed by atoms with Crippen LogP contribution in [0, 0.1) is 5.82 Å². The van der Waals surface area contributed by atoms with Crippen molar-refractivity contribution >= 4 is 33.0 Å². The van der Waals surface area contributed by atoms with Gasteiger partial charge in [-0.25, -0.2) is 18.5 Å². The topological polar surface area (TPSA) is 96.6 Å². The zero-order valence-electron chi connectivity index (χ0n) is 15.6. The Kier molecular flexibility index (Phi) is 5.26. The van der Waals surface area contributed by atoms with Crippen molar-refractivity contribution in [1.29, 1.82) is 0 Å². The molecule has 2 aliphatic carbocycles. The summed E-state index contributed by atoms with van der Waals surface area (Å²) in [6, 6.07) is 2.74. The highest BCUT2D eigenvalue weighted by molar-refractivity contribution is 7.93. The van der Waals surface area contributed by atoms with Crippen LogP contribution in [0.5, 0.6) is 0 Å². The van der Waals surface area contributed by atoms with Crippen LogP contribution in [0.3, 0.4) is 0 Å². The summed E-state index contributed by atoms with van der Waals surface area (Å²) in [5.41, 5.74) is 5.63. The van der Waals surface area contributed by atoms with E-state index in [2.05, 4.69) is 21.1 Å². The Morgan fingerprint density at radius 3 is 2.46 bits per heavy atom. The molecule has 0 radical (unpaired) electrons. The van der Waals surface area contributed by atoms with Crippen LogP contribution in [0.15, 0.2) is 20.7 Å². The normalized spacial score (nSPS) is 17.1. The molecule has 1 aromatic carbocycles. The van der Waals surface area contributed by atoms with Gasteiger partial charge in [0, 0.05) is 17.1 Å². The number of amides is 2. The predicted octanol–water partition coefficient (Wildman–Crippen LogP) is 3.52. The van der Waals surface area contributed by atoms with Crippen molar-refractivity contribution in [1.82, 2.24) is 5.32 Å². The van der Waals surface area contributed by atoms with Crippen LogP contribution in [-0.4, -0.2) is 17.3 Å². The highest BCUT2D eigenvalue weighted by Gasteiger charge is 2.26. The molecule has 1 aromatic heterocycles. The second kappa shape index (κ2) is 7.55. The fraction of sp³-hybridized carbons (Fsp3) is 0.421. The number of rotatable bonds is 4. The number of hydrogen-bond donors (Lipinski definition) is 3. The van der Waals surface area contributed by atoms with Gasteiger partial charge in [-0.2, -0.15) is 0 Å². The number of aryl methyl sites for hydroxylation is 2. The summed E-state index contributed by atoms with van der Waals surface area (Å²) in [7, 11) is -1.93. The number of carbonyl (C=O) groups excluding carboxylic acids is 1. The SMILES string of the molecule is CNCc1cc(F)c(S(N)(=O)=NC(=O)Nc2c3c(cc4c2CCC4)CCC3)s1. The summed E-state index contributed by atoms with van der Waals surface area (Å²) in [6.07, 6.45) is 5.93. The number of nitrogens with one attached hydrogen (secondary N) is 2. The standard InChI is InChI=1S/C19H23FN4O2S2/c1-22-10-13-9-16(20)18(27-13)28(21,26)24-19(25)23-17-14-6-2-4-11(14)8-12-5-3-7-15(12)17/h8-9,22H,2-7,10H2,1H3,(H3,21,23,24,25,26). The Morgan fingerprint density at radius 2 is 1.86 bits per heavy atom. The number of benzene rings is 1. The van der Waals surface area contributed by atoms with E-state index in [1.54, 1.807) is 7.05 Å². The summed E-state index contributed by atoms with van der Waals surface area (Å²) in [6.45, 7) is 0.422. The molecule has 1 atom stereocenters. The van der Waals surface area contributed by atoms with Gasteiger partial charge in [-0.05, 0) is 73.9 Å². The van der Waals surface area contributed by atoms with E-state index in [0.717, 1.165) is 66.7 Å². The molecule has 9 heteroatoms. The second-order valence-corrected chi connectivity index (χ2v) is 10.3. The molecule has 0 fully saturated rings. The predicted molar refractivity (Wildman–Crippen MR) is 110 cm³/mol. The first-order valence-corrected chi connectivity index (χ1v) is 11.7. The summed E-state index contributed by atoms with van der Waals surface area (Å²) < 4.78 is 30.5. The van der Waals surface area contributed by atoms with Gasteiger partial charge in [0.15, 0.2) is 19.9 Å². The lowest BCUT2D eigenvalue weighted by atomic mass is 9.99. The monoisotopic (exact) mass is 422 g/mol. The first-order chi connectivity index (χ1) is 13.4. The smallest absolute Gasteiger partial charge is 0.315 e. The van der Waals surface area contributed by atoms with Gasteiger partial charge in [-0.3, -0.25) is 0 Å². The average Bonchev–Trinajstić information content (AvgIpc) is 3.34. The number of nitrogens with two attached hydrogens (primary N) is 1. The number of urea groups is 1. The number of fused-ring (bicyclic) bond motifs is 2. The minimum absolute atomic E-state index is 0.198. The fourth-order valence-corrected chi connectivity index (χ4v) is 6.52. The molecule has 28 heavy (non-hydrogen) atoms. The molecule has 0 aliphatic heterocycles. The second-order valence-electron chi connectivity index (χ2n) is 7.20. The van der Waals surface area contributed by atoms with E-state index >= 15 is 0 Å². The molecule has 4 N–H and O–H groups in total. The van der Waals surface area contributed by atoms with Gasteiger partial charge in [0.1, 0.15) is 0 Å². The Balaban J connectivity index is 1.66. The van der Waals surface area contributed by atoms with Crippen LogP contribution in [-0.2, 0) is 42.1 Å². The van der Waals surface area contributed by atoms with Crippen molar-refractivity contribution in [2.24, 2.45) is 9.50 Å². The quantitative estimate of drug-likeness (QED) is 0.703. The molecule has 6 nitrogen and oxygen atoms in total. The van der Waals surface area contributed by atoms with Gasteiger partial charge in [-0.1, -0.05) is 6.07 Å². The van der Waals surface area contributed by atoms with Crippen molar-refractivity contribution in [2.45, 2.75) is 49.3 Å².